The van der Waals surface area contributed by atoms with E-state index in [-0.39, 0.29) is 36.7 Å². The van der Waals surface area contributed by atoms with Crippen LogP contribution in [0.5, 0.6) is 11.5 Å². The van der Waals surface area contributed by atoms with Crippen molar-refractivity contribution in [1.82, 2.24) is 15.0 Å². The highest BCUT2D eigenvalue weighted by Gasteiger charge is 2.21. The summed E-state index contributed by atoms with van der Waals surface area (Å²) in [4.78, 5) is 29.7. The highest BCUT2D eigenvalue weighted by atomic mass is 16.6. The van der Waals surface area contributed by atoms with Gasteiger partial charge in [-0.25, -0.2) is 0 Å². The molecule has 4 aromatic rings. The molecule has 1 amide bonds. The Bertz CT molecular complexity index is 1320. The number of amides is 1. The Labute approximate surface area is 200 Å². The third kappa shape index (κ3) is 5.46. The molecule has 4 rings (SSSR count). The SMILES string of the molecule is COc1ccc(-c2noc(CCN(Cc3ccco3)C(=O)c3cccc([N+](=O)[O-])c3)n2)cc1OC. The first-order chi connectivity index (χ1) is 17.0. The van der Waals surface area contributed by atoms with Gasteiger partial charge in [-0.2, -0.15) is 4.98 Å². The van der Waals surface area contributed by atoms with Crippen molar-refractivity contribution < 1.29 is 28.1 Å². The van der Waals surface area contributed by atoms with E-state index >= 15 is 0 Å². The van der Waals surface area contributed by atoms with E-state index in [1.165, 1.54) is 42.5 Å². The quantitative estimate of drug-likeness (QED) is 0.243. The van der Waals surface area contributed by atoms with Crippen LogP contribution in [-0.2, 0) is 13.0 Å². The summed E-state index contributed by atoms with van der Waals surface area (Å²) in [7, 11) is 3.09. The van der Waals surface area contributed by atoms with Crippen molar-refractivity contribution >= 4 is 11.6 Å². The van der Waals surface area contributed by atoms with Crippen molar-refractivity contribution in [2.45, 2.75) is 13.0 Å². The molecule has 0 aliphatic heterocycles. The van der Waals surface area contributed by atoms with Gasteiger partial charge in [-0.15, -0.1) is 0 Å². The fourth-order valence-corrected chi connectivity index (χ4v) is 3.46. The van der Waals surface area contributed by atoms with E-state index in [0.29, 0.717) is 34.5 Å². The van der Waals surface area contributed by atoms with E-state index in [1.807, 2.05) is 0 Å². The molecule has 0 spiro atoms. The molecule has 35 heavy (non-hydrogen) atoms. The number of furan rings is 1. The summed E-state index contributed by atoms with van der Waals surface area (Å²) in [6.45, 7) is 0.390. The van der Waals surface area contributed by atoms with E-state index in [1.54, 1.807) is 37.4 Å². The van der Waals surface area contributed by atoms with Crippen molar-refractivity contribution in [3.8, 4) is 22.9 Å². The molecule has 0 fully saturated rings. The Morgan fingerprint density at radius 3 is 2.63 bits per heavy atom. The Kier molecular flexibility index (Phi) is 7.05. The molecule has 2 aromatic heterocycles. The van der Waals surface area contributed by atoms with Gasteiger partial charge < -0.3 is 23.3 Å². The van der Waals surface area contributed by atoms with Crippen LogP contribution in [0.1, 0.15) is 22.0 Å². The van der Waals surface area contributed by atoms with Gasteiger partial charge in [-0.3, -0.25) is 14.9 Å². The zero-order valence-corrected chi connectivity index (χ0v) is 19.0. The third-order valence-corrected chi connectivity index (χ3v) is 5.22. The van der Waals surface area contributed by atoms with Gasteiger partial charge in [0, 0.05) is 36.2 Å². The molecule has 0 bridgehead atoms. The molecule has 0 unspecified atom stereocenters. The lowest BCUT2D eigenvalue weighted by atomic mass is 10.1. The van der Waals surface area contributed by atoms with Crippen LogP contribution in [-0.4, -0.2) is 46.6 Å². The van der Waals surface area contributed by atoms with Gasteiger partial charge in [0.05, 0.1) is 32.0 Å². The molecule has 11 nitrogen and oxygen atoms in total. The molecule has 0 aliphatic carbocycles. The number of rotatable bonds is 10. The van der Waals surface area contributed by atoms with Gasteiger partial charge in [0.2, 0.25) is 11.7 Å². The number of hydrogen-bond donors (Lipinski definition) is 0. The number of aromatic nitrogens is 2. The number of hydrogen-bond acceptors (Lipinski definition) is 9. The Hall–Kier alpha value is -4.67. The second-order valence-corrected chi connectivity index (χ2v) is 7.44. The number of methoxy groups -OCH3 is 2. The van der Waals surface area contributed by atoms with Gasteiger partial charge in [0.25, 0.3) is 11.6 Å². The second-order valence-electron chi connectivity index (χ2n) is 7.44. The monoisotopic (exact) mass is 478 g/mol. The van der Waals surface area contributed by atoms with Crippen molar-refractivity contribution in [2.24, 2.45) is 0 Å². The maximum atomic E-state index is 13.2. The highest BCUT2D eigenvalue weighted by molar-refractivity contribution is 5.94. The first-order valence-electron chi connectivity index (χ1n) is 10.6. The number of nitro groups is 1. The van der Waals surface area contributed by atoms with Crippen LogP contribution in [0.15, 0.2) is 69.8 Å². The summed E-state index contributed by atoms with van der Waals surface area (Å²) in [5.74, 6) is 1.98. The normalized spacial score (nSPS) is 10.7. The number of nitro benzene ring substituents is 1. The van der Waals surface area contributed by atoms with Crippen LogP contribution in [0, 0.1) is 10.1 Å². The molecule has 0 radical (unpaired) electrons. The maximum absolute atomic E-state index is 13.2. The molecule has 180 valence electrons. The van der Waals surface area contributed by atoms with E-state index in [9.17, 15) is 14.9 Å². The second kappa shape index (κ2) is 10.5. The van der Waals surface area contributed by atoms with E-state index in [2.05, 4.69) is 10.1 Å². The zero-order valence-electron chi connectivity index (χ0n) is 19.0. The first kappa shape index (κ1) is 23.5. The number of nitrogens with zero attached hydrogens (tertiary/aromatic N) is 4. The average Bonchev–Trinajstić information content (AvgIpc) is 3.58. The molecule has 2 heterocycles. The maximum Gasteiger partial charge on any atom is 0.270 e. The van der Waals surface area contributed by atoms with Crippen molar-refractivity contribution in [1.29, 1.82) is 0 Å². The predicted octanol–water partition coefficient (Wildman–Crippen LogP) is 4.14. The minimum Gasteiger partial charge on any atom is -0.493 e. The third-order valence-electron chi connectivity index (χ3n) is 5.22. The Morgan fingerprint density at radius 1 is 1.09 bits per heavy atom. The molecular weight excluding hydrogens is 456 g/mol. The predicted molar refractivity (Wildman–Crippen MR) is 123 cm³/mol. The van der Waals surface area contributed by atoms with Crippen LogP contribution >= 0.6 is 0 Å². The fraction of sp³-hybridized carbons (Fsp3) is 0.208. The minimum atomic E-state index is -0.540. The number of benzene rings is 2. The van der Waals surface area contributed by atoms with Crippen LogP contribution in [0.3, 0.4) is 0 Å². The topological polar surface area (TPSA) is 134 Å². The minimum absolute atomic E-state index is 0.162. The molecule has 0 atom stereocenters. The van der Waals surface area contributed by atoms with Crippen LogP contribution < -0.4 is 9.47 Å². The zero-order chi connectivity index (χ0) is 24.8. The van der Waals surface area contributed by atoms with Crippen molar-refractivity contribution in [2.75, 3.05) is 20.8 Å². The Balaban J connectivity index is 1.52. The lowest BCUT2D eigenvalue weighted by Gasteiger charge is -2.21. The summed E-state index contributed by atoms with van der Waals surface area (Å²) >= 11 is 0. The van der Waals surface area contributed by atoms with E-state index < -0.39 is 4.92 Å². The van der Waals surface area contributed by atoms with Gasteiger partial charge in [0.1, 0.15) is 5.76 Å². The largest absolute Gasteiger partial charge is 0.493 e. The molecular formula is C24H22N4O7. The summed E-state index contributed by atoms with van der Waals surface area (Å²) in [5.41, 5.74) is 0.713. The van der Waals surface area contributed by atoms with Crippen molar-refractivity contribution in [3.63, 3.8) is 0 Å². The standard InChI is InChI=1S/C24H22N4O7/c1-32-20-9-8-16(14-21(20)33-2)23-25-22(35-26-23)10-11-27(15-19-7-4-12-34-19)24(29)17-5-3-6-18(13-17)28(30)31/h3-9,12-14H,10-11,15H2,1-2H3. The summed E-state index contributed by atoms with van der Waals surface area (Å²) in [5, 5.41) is 15.2. The molecule has 0 saturated carbocycles. The van der Waals surface area contributed by atoms with Gasteiger partial charge in [-0.05, 0) is 36.4 Å². The lowest BCUT2D eigenvalue weighted by molar-refractivity contribution is -0.384. The smallest absolute Gasteiger partial charge is 0.270 e. The average molecular weight is 478 g/mol. The van der Waals surface area contributed by atoms with E-state index in [4.69, 9.17) is 18.4 Å². The fourth-order valence-electron chi connectivity index (χ4n) is 3.46. The molecule has 11 heteroatoms. The first-order valence-corrected chi connectivity index (χ1v) is 10.6. The summed E-state index contributed by atoms with van der Waals surface area (Å²) in [6.07, 6.45) is 1.78. The van der Waals surface area contributed by atoms with Gasteiger partial charge in [-0.1, -0.05) is 11.2 Å². The lowest BCUT2D eigenvalue weighted by Crippen LogP contribution is -2.32. The number of carbonyl (C=O) groups is 1. The van der Waals surface area contributed by atoms with Crippen LogP contribution in [0.2, 0.25) is 0 Å². The van der Waals surface area contributed by atoms with Crippen LogP contribution in [0.25, 0.3) is 11.4 Å². The van der Waals surface area contributed by atoms with Crippen LogP contribution in [0.4, 0.5) is 5.69 Å². The summed E-state index contributed by atoms with van der Waals surface area (Å²) in [6, 6.07) is 14.3. The molecule has 0 saturated heterocycles. The highest BCUT2D eigenvalue weighted by Crippen LogP contribution is 2.31. The molecule has 0 aliphatic rings. The van der Waals surface area contributed by atoms with Gasteiger partial charge in [0.15, 0.2) is 11.5 Å². The molecule has 0 N–H and O–H groups in total. The number of non-ortho nitro benzene ring substituents is 1. The number of ether oxygens (including phenoxy) is 2. The van der Waals surface area contributed by atoms with E-state index in [0.717, 1.165) is 0 Å². The van der Waals surface area contributed by atoms with Crippen molar-refractivity contribution in [3.05, 3.63) is 88.2 Å². The molecule has 2 aromatic carbocycles. The summed E-state index contributed by atoms with van der Waals surface area (Å²) < 4.78 is 21.3. The Morgan fingerprint density at radius 2 is 1.91 bits per heavy atom. The number of carbonyl (C=O) groups excluding carboxylic acids is 1. The van der Waals surface area contributed by atoms with Gasteiger partial charge >= 0.3 is 0 Å².